The van der Waals surface area contributed by atoms with E-state index >= 15 is 0 Å². The summed E-state index contributed by atoms with van der Waals surface area (Å²) in [6, 6.07) is 0.192. The second-order valence-corrected chi connectivity index (χ2v) is 4.08. The monoisotopic (exact) mass is 212 g/mol. The van der Waals surface area contributed by atoms with Crippen LogP contribution >= 0.6 is 0 Å². The van der Waals surface area contributed by atoms with Crippen molar-refractivity contribution >= 4 is 5.91 Å². The van der Waals surface area contributed by atoms with E-state index < -0.39 is 0 Å². The zero-order chi connectivity index (χ0) is 11.3. The molecule has 4 nitrogen and oxygen atoms in total. The van der Waals surface area contributed by atoms with E-state index in [1.807, 2.05) is 19.1 Å². The van der Waals surface area contributed by atoms with Crippen LogP contribution in [-0.4, -0.2) is 31.7 Å². The van der Waals surface area contributed by atoms with Crippen LogP contribution < -0.4 is 11.1 Å². The molecular weight excluding hydrogens is 192 g/mol. The Morgan fingerprint density at radius 1 is 1.67 bits per heavy atom. The highest BCUT2D eigenvalue weighted by Crippen LogP contribution is 2.16. The average Bonchev–Trinajstić information content (AvgIpc) is 2.61. The van der Waals surface area contributed by atoms with E-state index in [1.54, 1.807) is 7.11 Å². The number of nitrogens with two attached hydrogens (primary N) is 1. The van der Waals surface area contributed by atoms with Gasteiger partial charge in [0.1, 0.15) is 0 Å². The van der Waals surface area contributed by atoms with Gasteiger partial charge in [0.25, 0.3) is 0 Å². The molecule has 1 amide bonds. The predicted molar refractivity (Wildman–Crippen MR) is 59.3 cm³/mol. The summed E-state index contributed by atoms with van der Waals surface area (Å²) in [6.45, 7) is 2.65. The van der Waals surface area contributed by atoms with Gasteiger partial charge in [-0.2, -0.15) is 0 Å². The van der Waals surface area contributed by atoms with Gasteiger partial charge in [0.15, 0.2) is 0 Å². The standard InChI is InChI=1S/C11H20N2O2/c1-8(5-6-15-2)13-11(14)9-3-4-10(12)7-9/h3-4,8-10H,5-7,12H2,1-2H3,(H,13,14). The minimum absolute atomic E-state index is 0.0371. The summed E-state index contributed by atoms with van der Waals surface area (Å²) in [4.78, 5) is 11.7. The SMILES string of the molecule is COCCC(C)NC(=O)C1C=CC(N)C1. The molecule has 3 N–H and O–H groups in total. The van der Waals surface area contributed by atoms with Gasteiger partial charge in [-0.3, -0.25) is 4.79 Å². The van der Waals surface area contributed by atoms with Gasteiger partial charge in [-0.25, -0.2) is 0 Å². The first-order chi connectivity index (χ1) is 7.13. The third kappa shape index (κ3) is 4.01. The Kier molecular flexibility index (Phi) is 4.78. The molecule has 0 saturated heterocycles. The first-order valence-electron chi connectivity index (χ1n) is 5.36. The molecule has 0 aliphatic heterocycles. The number of carbonyl (C=O) groups is 1. The van der Waals surface area contributed by atoms with Crippen molar-refractivity contribution < 1.29 is 9.53 Å². The predicted octanol–water partition coefficient (Wildman–Crippen LogP) is 0.431. The van der Waals surface area contributed by atoms with Crippen molar-refractivity contribution in [2.45, 2.75) is 31.8 Å². The molecule has 0 saturated carbocycles. The summed E-state index contributed by atoms with van der Waals surface area (Å²) in [5, 5.41) is 2.95. The van der Waals surface area contributed by atoms with Crippen LogP contribution in [0.5, 0.6) is 0 Å². The molecular formula is C11H20N2O2. The maximum absolute atomic E-state index is 11.7. The molecule has 1 aliphatic rings. The second-order valence-electron chi connectivity index (χ2n) is 4.08. The van der Waals surface area contributed by atoms with E-state index in [0.29, 0.717) is 6.61 Å². The average molecular weight is 212 g/mol. The molecule has 3 unspecified atom stereocenters. The van der Waals surface area contributed by atoms with E-state index in [0.717, 1.165) is 12.8 Å². The number of hydrogen-bond acceptors (Lipinski definition) is 3. The van der Waals surface area contributed by atoms with Crippen molar-refractivity contribution in [1.82, 2.24) is 5.32 Å². The molecule has 3 atom stereocenters. The van der Waals surface area contributed by atoms with E-state index in [4.69, 9.17) is 10.5 Å². The Bertz CT molecular complexity index is 241. The fourth-order valence-corrected chi connectivity index (χ4v) is 1.64. The maximum atomic E-state index is 11.7. The maximum Gasteiger partial charge on any atom is 0.227 e. The number of rotatable bonds is 5. The summed E-state index contributed by atoms with van der Waals surface area (Å²) < 4.78 is 4.95. The first kappa shape index (κ1) is 12.2. The minimum atomic E-state index is -0.0509. The highest BCUT2D eigenvalue weighted by atomic mass is 16.5. The van der Waals surface area contributed by atoms with Crippen molar-refractivity contribution in [2.75, 3.05) is 13.7 Å². The van der Waals surface area contributed by atoms with Gasteiger partial charge in [0.2, 0.25) is 5.91 Å². The Morgan fingerprint density at radius 3 is 2.93 bits per heavy atom. The molecule has 0 aromatic heterocycles. The second kappa shape index (κ2) is 5.88. The fourth-order valence-electron chi connectivity index (χ4n) is 1.64. The lowest BCUT2D eigenvalue weighted by molar-refractivity contribution is -0.124. The van der Waals surface area contributed by atoms with E-state index in [-0.39, 0.29) is 23.9 Å². The zero-order valence-corrected chi connectivity index (χ0v) is 9.40. The van der Waals surface area contributed by atoms with Crippen LogP contribution in [0.1, 0.15) is 19.8 Å². The van der Waals surface area contributed by atoms with E-state index in [2.05, 4.69) is 5.32 Å². The van der Waals surface area contributed by atoms with Crippen molar-refractivity contribution in [3.8, 4) is 0 Å². The Labute approximate surface area is 90.9 Å². The number of ether oxygens (including phenoxy) is 1. The fraction of sp³-hybridized carbons (Fsp3) is 0.727. The zero-order valence-electron chi connectivity index (χ0n) is 9.40. The first-order valence-corrected chi connectivity index (χ1v) is 5.36. The highest BCUT2D eigenvalue weighted by molar-refractivity contribution is 5.81. The summed E-state index contributed by atoms with van der Waals surface area (Å²) in [6.07, 6.45) is 5.35. The van der Waals surface area contributed by atoms with E-state index in [1.165, 1.54) is 0 Å². The molecule has 0 fully saturated rings. The summed E-state index contributed by atoms with van der Waals surface area (Å²) in [7, 11) is 1.66. The summed E-state index contributed by atoms with van der Waals surface area (Å²) in [5.74, 6) is 0.0211. The Morgan fingerprint density at radius 2 is 2.40 bits per heavy atom. The van der Waals surface area contributed by atoms with Gasteiger partial charge in [-0.15, -0.1) is 0 Å². The smallest absolute Gasteiger partial charge is 0.227 e. The van der Waals surface area contributed by atoms with Gasteiger partial charge >= 0.3 is 0 Å². The number of methoxy groups -OCH3 is 1. The largest absolute Gasteiger partial charge is 0.385 e. The third-order valence-electron chi connectivity index (χ3n) is 2.60. The molecule has 1 rings (SSSR count). The van der Waals surface area contributed by atoms with Crippen LogP contribution in [0.4, 0.5) is 0 Å². The quantitative estimate of drug-likeness (QED) is 0.650. The third-order valence-corrected chi connectivity index (χ3v) is 2.60. The number of hydrogen-bond donors (Lipinski definition) is 2. The van der Waals surface area contributed by atoms with E-state index in [9.17, 15) is 4.79 Å². The Balaban J connectivity index is 2.26. The molecule has 86 valence electrons. The minimum Gasteiger partial charge on any atom is -0.385 e. The van der Waals surface area contributed by atoms with Crippen molar-refractivity contribution in [2.24, 2.45) is 11.7 Å². The molecule has 15 heavy (non-hydrogen) atoms. The number of carbonyl (C=O) groups excluding carboxylic acids is 1. The lowest BCUT2D eigenvalue weighted by atomic mass is 10.1. The molecule has 0 aromatic carbocycles. The Hall–Kier alpha value is -0.870. The highest BCUT2D eigenvalue weighted by Gasteiger charge is 2.23. The number of amides is 1. The van der Waals surface area contributed by atoms with Gasteiger partial charge in [-0.05, 0) is 19.8 Å². The van der Waals surface area contributed by atoms with Crippen molar-refractivity contribution in [1.29, 1.82) is 0 Å². The summed E-state index contributed by atoms with van der Waals surface area (Å²) >= 11 is 0. The molecule has 4 heteroatoms. The molecule has 0 aromatic rings. The van der Waals surface area contributed by atoms with Crippen LogP contribution in [0.2, 0.25) is 0 Å². The van der Waals surface area contributed by atoms with Crippen LogP contribution in [0, 0.1) is 5.92 Å². The van der Waals surface area contributed by atoms with Gasteiger partial charge in [0.05, 0.1) is 5.92 Å². The van der Waals surface area contributed by atoms with Crippen LogP contribution in [0.3, 0.4) is 0 Å². The molecule has 0 spiro atoms. The normalized spacial score (nSPS) is 26.6. The van der Waals surface area contributed by atoms with Crippen LogP contribution in [0.15, 0.2) is 12.2 Å². The molecule has 0 heterocycles. The summed E-state index contributed by atoms with van der Waals surface area (Å²) in [5.41, 5.74) is 5.69. The van der Waals surface area contributed by atoms with Crippen molar-refractivity contribution in [3.05, 3.63) is 12.2 Å². The topological polar surface area (TPSA) is 64.3 Å². The number of nitrogens with one attached hydrogen (secondary N) is 1. The van der Waals surface area contributed by atoms with Crippen molar-refractivity contribution in [3.63, 3.8) is 0 Å². The van der Waals surface area contributed by atoms with Gasteiger partial charge < -0.3 is 15.8 Å². The molecule has 0 bridgehead atoms. The lowest BCUT2D eigenvalue weighted by Crippen LogP contribution is -2.37. The molecule has 0 radical (unpaired) electrons. The van der Waals surface area contributed by atoms with Gasteiger partial charge in [-0.1, -0.05) is 12.2 Å². The molecule has 1 aliphatic carbocycles. The van der Waals surface area contributed by atoms with Crippen LogP contribution in [0.25, 0.3) is 0 Å². The van der Waals surface area contributed by atoms with Crippen LogP contribution in [-0.2, 0) is 9.53 Å². The lowest BCUT2D eigenvalue weighted by Gasteiger charge is -2.16. The van der Waals surface area contributed by atoms with Gasteiger partial charge in [0, 0.05) is 25.8 Å².